The molecule has 124 valence electrons. The molecule has 1 saturated carbocycles. The molecule has 1 unspecified atom stereocenters. The molecule has 5 heteroatoms. The number of benzene rings is 1. The summed E-state index contributed by atoms with van der Waals surface area (Å²) in [6.07, 6.45) is 5.33. The number of nitrogens with one attached hydrogen (secondary N) is 1. The Kier molecular flexibility index (Phi) is 3.92. The Labute approximate surface area is 142 Å². The molecule has 1 aliphatic carbocycles. The number of nitrogens with zero attached hydrogens (tertiary/aromatic N) is 3. The van der Waals surface area contributed by atoms with Crippen molar-refractivity contribution >= 4 is 6.03 Å². The molecule has 2 heterocycles. The van der Waals surface area contributed by atoms with Gasteiger partial charge in [0.2, 0.25) is 0 Å². The third kappa shape index (κ3) is 2.98. The van der Waals surface area contributed by atoms with E-state index in [-0.39, 0.29) is 6.03 Å². The Bertz CT molecular complexity index is 742. The van der Waals surface area contributed by atoms with Gasteiger partial charge >= 0.3 is 6.03 Å². The molecular weight excluding hydrogens is 300 g/mol. The zero-order valence-corrected chi connectivity index (χ0v) is 13.9. The minimum Gasteiger partial charge on any atom is -0.335 e. The largest absolute Gasteiger partial charge is 0.335 e. The highest BCUT2D eigenvalue weighted by Gasteiger charge is 2.33. The molecule has 0 bridgehead atoms. The fourth-order valence-corrected chi connectivity index (χ4v) is 3.33. The van der Waals surface area contributed by atoms with Crippen LogP contribution in [0.15, 0.2) is 36.5 Å². The fourth-order valence-electron chi connectivity index (χ4n) is 3.33. The Morgan fingerprint density at radius 2 is 2.08 bits per heavy atom. The standard InChI is InChI=1S/C19H22N4O/c1-2-16(13-8-9-13)22-19(24)23-11-15-10-20-18(21-17(15)12-23)14-6-4-3-5-7-14/h3-7,10,13,16H,2,8-9,11-12H2,1H3,(H,22,24). The van der Waals surface area contributed by atoms with E-state index in [0.717, 1.165) is 29.1 Å². The van der Waals surface area contributed by atoms with Gasteiger partial charge in [0.15, 0.2) is 5.82 Å². The number of urea groups is 1. The van der Waals surface area contributed by atoms with E-state index in [1.54, 1.807) is 0 Å². The van der Waals surface area contributed by atoms with Crippen molar-refractivity contribution in [3.8, 4) is 11.4 Å². The molecule has 1 aromatic carbocycles. The summed E-state index contributed by atoms with van der Waals surface area (Å²) < 4.78 is 0. The molecule has 2 aromatic rings. The molecule has 1 N–H and O–H groups in total. The van der Waals surface area contributed by atoms with Crippen molar-refractivity contribution < 1.29 is 4.79 Å². The molecule has 2 aliphatic rings. The van der Waals surface area contributed by atoms with Crippen molar-refractivity contribution in [2.75, 3.05) is 0 Å². The van der Waals surface area contributed by atoms with Gasteiger partial charge < -0.3 is 10.2 Å². The second-order valence-electron chi connectivity index (χ2n) is 6.69. The summed E-state index contributed by atoms with van der Waals surface area (Å²) in [5.41, 5.74) is 3.01. The van der Waals surface area contributed by atoms with Crippen molar-refractivity contribution in [1.29, 1.82) is 0 Å². The summed E-state index contributed by atoms with van der Waals surface area (Å²) in [5.74, 6) is 1.40. The summed E-state index contributed by atoms with van der Waals surface area (Å²) in [4.78, 5) is 23.5. The Balaban J connectivity index is 1.46. The summed E-state index contributed by atoms with van der Waals surface area (Å²) in [7, 11) is 0. The van der Waals surface area contributed by atoms with E-state index in [1.165, 1.54) is 12.8 Å². The van der Waals surface area contributed by atoms with Crippen LogP contribution in [0.1, 0.15) is 37.4 Å². The molecule has 1 atom stereocenters. The number of rotatable bonds is 4. The van der Waals surface area contributed by atoms with E-state index in [9.17, 15) is 4.79 Å². The maximum absolute atomic E-state index is 12.5. The highest BCUT2D eigenvalue weighted by Crippen LogP contribution is 2.34. The van der Waals surface area contributed by atoms with Crippen molar-refractivity contribution in [2.24, 2.45) is 5.92 Å². The number of amides is 2. The van der Waals surface area contributed by atoms with Gasteiger partial charge in [-0.3, -0.25) is 0 Å². The van der Waals surface area contributed by atoms with E-state index in [2.05, 4.69) is 22.2 Å². The number of aromatic nitrogens is 2. The van der Waals surface area contributed by atoms with Crippen LogP contribution in [0.5, 0.6) is 0 Å². The number of fused-ring (bicyclic) bond motifs is 1. The summed E-state index contributed by atoms with van der Waals surface area (Å²) >= 11 is 0. The first kappa shape index (κ1) is 15.1. The second-order valence-corrected chi connectivity index (χ2v) is 6.69. The lowest BCUT2D eigenvalue weighted by Gasteiger charge is -2.21. The molecule has 0 spiro atoms. The minimum absolute atomic E-state index is 0.0213. The predicted molar refractivity (Wildman–Crippen MR) is 92.0 cm³/mol. The third-order valence-electron chi connectivity index (χ3n) is 4.91. The normalized spacial score (nSPS) is 17.5. The van der Waals surface area contributed by atoms with Gasteiger partial charge in [0.25, 0.3) is 0 Å². The molecule has 0 saturated heterocycles. The van der Waals surface area contributed by atoms with Crippen LogP contribution in [0.25, 0.3) is 11.4 Å². The van der Waals surface area contributed by atoms with Gasteiger partial charge in [0, 0.05) is 23.4 Å². The monoisotopic (exact) mass is 322 g/mol. The fraction of sp³-hybridized carbons (Fsp3) is 0.421. The number of hydrogen-bond donors (Lipinski definition) is 1. The lowest BCUT2D eigenvalue weighted by atomic mass is 10.1. The van der Waals surface area contributed by atoms with Crippen LogP contribution in [0.3, 0.4) is 0 Å². The first-order chi connectivity index (χ1) is 11.7. The first-order valence-corrected chi connectivity index (χ1v) is 8.70. The SMILES string of the molecule is CCC(NC(=O)N1Cc2cnc(-c3ccccc3)nc2C1)C1CC1. The van der Waals surface area contributed by atoms with Crippen LogP contribution >= 0.6 is 0 Å². The Morgan fingerprint density at radius 1 is 1.29 bits per heavy atom. The van der Waals surface area contributed by atoms with Crippen molar-refractivity contribution in [1.82, 2.24) is 20.2 Å². The van der Waals surface area contributed by atoms with Crippen LogP contribution in [0.2, 0.25) is 0 Å². The minimum atomic E-state index is 0.0213. The van der Waals surface area contributed by atoms with E-state index in [0.29, 0.717) is 25.0 Å². The molecule has 4 rings (SSSR count). The Hall–Kier alpha value is -2.43. The quantitative estimate of drug-likeness (QED) is 0.939. The van der Waals surface area contributed by atoms with Gasteiger partial charge in [-0.1, -0.05) is 37.3 Å². The average Bonchev–Trinajstić information content (AvgIpc) is 3.37. The highest BCUT2D eigenvalue weighted by molar-refractivity contribution is 5.75. The van der Waals surface area contributed by atoms with Crippen LogP contribution in [0.4, 0.5) is 4.79 Å². The van der Waals surface area contributed by atoms with E-state index in [4.69, 9.17) is 0 Å². The van der Waals surface area contributed by atoms with Crippen molar-refractivity contribution in [2.45, 2.75) is 45.3 Å². The van der Waals surface area contributed by atoms with E-state index in [1.807, 2.05) is 41.4 Å². The molecule has 5 nitrogen and oxygen atoms in total. The van der Waals surface area contributed by atoms with Crippen LogP contribution < -0.4 is 5.32 Å². The number of carbonyl (C=O) groups is 1. The van der Waals surface area contributed by atoms with Gasteiger partial charge in [0.1, 0.15) is 0 Å². The Morgan fingerprint density at radius 3 is 2.79 bits per heavy atom. The zero-order valence-electron chi connectivity index (χ0n) is 13.9. The summed E-state index contributed by atoms with van der Waals surface area (Å²) in [6.45, 7) is 3.29. The lowest BCUT2D eigenvalue weighted by Crippen LogP contribution is -2.43. The van der Waals surface area contributed by atoms with Crippen molar-refractivity contribution in [3.63, 3.8) is 0 Å². The van der Waals surface area contributed by atoms with Gasteiger partial charge in [-0.2, -0.15) is 0 Å². The summed E-state index contributed by atoms with van der Waals surface area (Å²) in [6, 6.07) is 10.3. The van der Waals surface area contributed by atoms with Crippen molar-refractivity contribution in [3.05, 3.63) is 47.8 Å². The number of hydrogen-bond acceptors (Lipinski definition) is 3. The van der Waals surface area contributed by atoms with Gasteiger partial charge in [-0.15, -0.1) is 0 Å². The third-order valence-corrected chi connectivity index (χ3v) is 4.91. The molecule has 1 aromatic heterocycles. The predicted octanol–water partition coefficient (Wildman–Crippen LogP) is 3.36. The molecule has 1 fully saturated rings. The maximum Gasteiger partial charge on any atom is 0.318 e. The van der Waals surface area contributed by atoms with Crippen LogP contribution in [-0.2, 0) is 13.1 Å². The number of carbonyl (C=O) groups excluding carboxylic acids is 1. The average molecular weight is 322 g/mol. The maximum atomic E-state index is 12.5. The zero-order chi connectivity index (χ0) is 16.5. The topological polar surface area (TPSA) is 58.1 Å². The smallest absolute Gasteiger partial charge is 0.318 e. The molecule has 1 aliphatic heterocycles. The van der Waals surface area contributed by atoms with Gasteiger partial charge in [-0.05, 0) is 25.2 Å². The summed E-state index contributed by atoms with van der Waals surface area (Å²) in [5, 5.41) is 3.19. The molecule has 24 heavy (non-hydrogen) atoms. The van der Waals surface area contributed by atoms with E-state index < -0.39 is 0 Å². The first-order valence-electron chi connectivity index (χ1n) is 8.70. The van der Waals surface area contributed by atoms with E-state index >= 15 is 0 Å². The molecular formula is C19H22N4O. The van der Waals surface area contributed by atoms with Crippen LogP contribution in [0, 0.1) is 5.92 Å². The molecule has 0 radical (unpaired) electrons. The van der Waals surface area contributed by atoms with Crippen LogP contribution in [-0.4, -0.2) is 26.9 Å². The second kappa shape index (κ2) is 6.23. The highest BCUT2D eigenvalue weighted by atomic mass is 16.2. The lowest BCUT2D eigenvalue weighted by molar-refractivity contribution is 0.192. The van der Waals surface area contributed by atoms with Gasteiger partial charge in [0.05, 0.1) is 18.8 Å². The molecule has 2 amide bonds. The van der Waals surface area contributed by atoms with Gasteiger partial charge in [-0.25, -0.2) is 14.8 Å².